The molecule has 0 fully saturated rings. The van der Waals surface area contributed by atoms with Crippen LogP contribution in [0.2, 0.25) is 5.02 Å². The minimum atomic E-state index is -1.97. The zero-order valence-electron chi connectivity index (χ0n) is 20.6. The summed E-state index contributed by atoms with van der Waals surface area (Å²) in [5.74, 6) is -1.66. The monoisotopic (exact) mass is 541 g/mol. The van der Waals surface area contributed by atoms with Gasteiger partial charge in [0, 0.05) is 35.6 Å². The number of halogens is 2. The number of hydrogen-bond donors (Lipinski definition) is 3. The number of nitrogens with one attached hydrogen (secondary N) is 1. The number of fused-ring (bicyclic) bond motifs is 5. The van der Waals surface area contributed by atoms with Gasteiger partial charge in [0.1, 0.15) is 12.4 Å². The minimum Gasteiger partial charge on any atom is -0.458 e. The molecule has 2 atom stereocenters. The van der Waals surface area contributed by atoms with Gasteiger partial charge in [-0.3, -0.25) is 9.59 Å². The van der Waals surface area contributed by atoms with E-state index in [0.29, 0.717) is 52.7 Å². The lowest BCUT2D eigenvalue weighted by Crippen LogP contribution is -2.44. The van der Waals surface area contributed by atoms with Crippen molar-refractivity contribution >= 4 is 34.4 Å². The number of esters is 1. The number of rotatable bonds is 5. The average molecular weight is 542 g/mol. The van der Waals surface area contributed by atoms with E-state index in [0.717, 1.165) is 5.56 Å². The average Bonchev–Trinajstić information content (AvgIpc) is 3.27. The molecule has 11 heteroatoms. The summed E-state index contributed by atoms with van der Waals surface area (Å²) in [5, 5.41) is 24.0. The summed E-state index contributed by atoms with van der Waals surface area (Å²) in [6.45, 7) is 1.42. The molecule has 4 heterocycles. The van der Waals surface area contributed by atoms with E-state index in [1.54, 1.807) is 13.0 Å². The Morgan fingerprint density at radius 1 is 1.32 bits per heavy atom. The van der Waals surface area contributed by atoms with Crippen LogP contribution in [0.5, 0.6) is 0 Å². The van der Waals surface area contributed by atoms with Gasteiger partial charge in [-0.2, -0.15) is 0 Å². The summed E-state index contributed by atoms with van der Waals surface area (Å²) >= 11 is 6.37. The van der Waals surface area contributed by atoms with Crippen LogP contribution in [0.1, 0.15) is 66.5 Å². The number of cyclic esters (lactones) is 1. The van der Waals surface area contributed by atoms with Crippen molar-refractivity contribution in [3.05, 3.63) is 61.1 Å². The normalized spacial score (nSPS) is 21.1. The van der Waals surface area contributed by atoms with E-state index in [4.69, 9.17) is 26.4 Å². The number of benzene rings is 1. The maximum atomic E-state index is 14.8. The van der Waals surface area contributed by atoms with E-state index in [9.17, 15) is 23.9 Å². The minimum absolute atomic E-state index is 0.0115. The number of carbonyl (C=O) groups is 2. The van der Waals surface area contributed by atoms with Gasteiger partial charge >= 0.3 is 5.97 Å². The van der Waals surface area contributed by atoms with Crippen LogP contribution in [0.25, 0.3) is 22.3 Å². The summed E-state index contributed by atoms with van der Waals surface area (Å²) in [6.07, 6.45) is 1.38. The fourth-order valence-electron chi connectivity index (χ4n) is 6.00. The summed E-state index contributed by atoms with van der Waals surface area (Å²) in [4.78, 5) is 43.5. The lowest BCUT2D eigenvalue weighted by molar-refractivity contribution is -0.172. The van der Waals surface area contributed by atoms with Crippen molar-refractivity contribution in [1.82, 2.24) is 14.9 Å². The Morgan fingerprint density at radius 3 is 2.84 bits per heavy atom. The number of aryl methyl sites for hydroxylation is 1. The molecule has 0 unspecified atom stereocenters. The number of aliphatic hydroxyl groups is 2. The van der Waals surface area contributed by atoms with Gasteiger partial charge in [0.15, 0.2) is 5.60 Å². The SMILES string of the molecule is CC[C@@]1(O)C(=O)OCc2c1cc1n(c2=O)Cc2c-1nc1cc(F)c(Cl)c3c1c2[C@@H](NC(=O)CCCO)CC3. The molecule has 0 spiro atoms. The second kappa shape index (κ2) is 8.86. The molecule has 3 N–H and O–H groups in total. The van der Waals surface area contributed by atoms with E-state index in [1.807, 2.05) is 0 Å². The fraction of sp³-hybridized carbons (Fsp3) is 0.407. The number of aromatic nitrogens is 2. The number of nitrogens with zero attached hydrogens (tertiary/aromatic N) is 2. The van der Waals surface area contributed by atoms with Crippen molar-refractivity contribution in [3.8, 4) is 11.4 Å². The van der Waals surface area contributed by atoms with E-state index in [-0.39, 0.29) is 54.7 Å². The third-order valence-electron chi connectivity index (χ3n) is 7.94. The van der Waals surface area contributed by atoms with Crippen molar-refractivity contribution in [2.45, 2.75) is 63.8 Å². The predicted octanol–water partition coefficient (Wildman–Crippen LogP) is 2.75. The number of hydrogen-bond acceptors (Lipinski definition) is 7. The number of aliphatic hydroxyl groups excluding tert-OH is 1. The highest BCUT2D eigenvalue weighted by Crippen LogP contribution is 2.46. The Labute approximate surface area is 221 Å². The van der Waals surface area contributed by atoms with Crippen LogP contribution >= 0.6 is 11.6 Å². The van der Waals surface area contributed by atoms with Gasteiger partial charge in [0.05, 0.1) is 40.1 Å². The molecule has 6 rings (SSSR count). The molecule has 2 aromatic heterocycles. The maximum absolute atomic E-state index is 14.8. The first-order chi connectivity index (χ1) is 18.2. The van der Waals surface area contributed by atoms with Crippen LogP contribution in [-0.2, 0) is 39.5 Å². The van der Waals surface area contributed by atoms with Gasteiger partial charge in [-0.25, -0.2) is 14.2 Å². The molecule has 0 radical (unpaired) electrons. The Balaban J connectivity index is 1.60. The highest BCUT2D eigenvalue weighted by Gasteiger charge is 2.46. The van der Waals surface area contributed by atoms with E-state index >= 15 is 0 Å². The summed E-state index contributed by atoms with van der Waals surface area (Å²) in [7, 11) is 0. The van der Waals surface area contributed by atoms with Crippen LogP contribution in [-0.4, -0.2) is 38.2 Å². The molecule has 0 saturated carbocycles. The largest absolute Gasteiger partial charge is 0.458 e. The van der Waals surface area contributed by atoms with Crippen molar-refractivity contribution in [2.24, 2.45) is 0 Å². The van der Waals surface area contributed by atoms with Gasteiger partial charge in [-0.1, -0.05) is 18.5 Å². The molecule has 38 heavy (non-hydrogen) atoms. The second-order valence-electron chi connectivity index (χ2n) is 9.99. The van der Waals surface area contributed by atoms with Crippen molar-refractivity contribution < 1.29 is 28.9 Å². The highest BCUT2D eigenvalue weighted by molar-refractivity contribution is 6.32. The Hall–Kier alpha value is -3.34. The molecule has 3 aliphatic rings. The van der Waals surface area contributed by atoms with Crippen LogP contribution in [0.4, 0.5) is 4.39 Å². The zero-order chi connectivity index (χ0) is 26.9. The van der Waals surface area contributed by atoms with Gasteiger partial charge in [0.25, 0.3) is 5.56 Å². The van der Waals surface area contributed by atoms with Gasteiger partial charge in [-0.05, 0) is 42.9 Å². The van der Waals surface area contributed by atoms with Crippen LogP contribution < -0.4 is 10.9 Å². The Morgan fingerprint density at radius 2 is 2.11 bits per heavy atom. The molecule has 3 aromatic rings. The lowest BCUT2D eigenvalue weighted by Gasteiger charge is -2.31. The van der Waals surface area contributed by atoms with Crippen molar-refractivity contribution in [3.63, 3.8) is 0 Å². The molecule has 9 nitrogen and oxygen atoms in total. The Bertz CT molecular complexity index is 1620. The first-order valence-electron chi connectivity index (χ1n) is 12.6. The molecule has 2 aliphatic heterocycles. The summed E-state index contributed by atoms with van der Waals surface area (Å²) in [5.41, 5.74) is 1.21. The molecule has 1 aromatic carbocycles. The number of amides is 1. The first-order valence-corrected chi connectivity index (χ1v) is 13.0. The fourth-order valence-corrected chi connectivity index (χ4v) is 6.25. The van der Waals surface area contributed by atoms with Crippen LogP contribution in [0.3, 0.4) is 0 Å². The quantitative estimate of drug-likeness (QED) is 0.331. The highest BCUT2D eigenvalue weighted by atomic mass is 35.5. The van der Waals surface area contributed by atoms with Crippen LogP contribution in [0, 0.1) is 5.82 Å². The number of pyridine rings is 2. The molecule has 0 saturated heterocycles. The van der Waals surface area contributed by atoms with E-state index < -0.39 is 29.0 Å². The molecule has 1 aliphatic carbocycles. The van der Waals surface area contributed by atoms with Crippen LogP contribution in [0.15, 0.2) is 16.9 Å². The second-order valence-corrected chi connectivity index (χ2v) is 10.4. The van der Waals surface area contributed by atoms with Gasteiger partial charge in [-0.15, -0.1) is 0 Å². The third-order valence-corrected chi connectivity index (χ3v) is 8.35. The lowest BCUT2D eigenvalue weighted by atomic mass is 9.83. The smallest absolute Gasteiger partial charge is 0.343 e. The van der Waals surface area contributed by atoms with Gasteiger partial charge < -0.3 is 24.8 Å². The van der Waals surface area contributed by atoms with Gasteiger partial charge in [0.2, 0.25) is 5.91 Å². The topological polar surface area (TPSA) is 131 Å². The number of carbonyl (C=O) groups excluding carboxylic acids is 2. The maximum Gasteiger partial charge on any atom is 0.343 e. The number of ether oxygens (including phenoxy) is 1. The van der Waals surface area contributed by atoms with Crippen molar-refractivity contribution in [2.75, 3.05) is 6.61 Å². The Kier molecular flexibility index (Phi) is 5.82. The van der Waals surface area contributed by atoms with Crippen molar-refractivity contribution in [1.29, 1.82) is 0 Å². The molecule has 1 amide bonds. The molecular formula is C27H25ClFN3O6. The third kappa shape index (κ3) is 3.43. The predicted molar refractivity (Wildman–Crippen MR) is 135 cm³/mol. The van der Waals surface area contributed by atoms with E-state index in [1.165, 1.54) is 10.6 Å². The molecular weight excluding hydrogens is 517 g/mol. The standard InChI is InChI=1S/C27H25ClFN3O6/c1-2-27(37)15-8-19-24-13(10-32(19)25(35)14(15)11-38-26(27)36)22-17(30-20(34)4-3-7-33)6-5-12-21(22)18(31-24)9-16(29)23(12)28/h8-9,17,33,37H,2-7,10-11H2,1H3,(H,30,34)/t17-,27-/m0/s1. The summed E-state index contributed by atoms with van der Waals surface area (Å²) < 4.78 is 21.5. The molecule has 0 bridgehead atoms. The molecule has 198 valence electrons. The first kappa shape index (κ1) is 25.0. The zero-order valence-corrected chi connectivity index (χ0v) is 21.3. The summed E-state index contributed by atoms with van der Waals surface area (Å²) in [6, 6.07) is 2.41. The van der Waals surface area contributed by atoms with E-state index in [2.05, 4.69) is 5.32 Å².